The summed E-state index contributed by atoms with van der Waals surface area (Å²) in [4.78, 5) is 11.9. The van der Waals surface area contributed by atoms with Crippen molar-refractivity contribution in [3.8, 4) is 0 Å². The van der Waals surface area contributed by atoms with Crippen LogP contribution in [0.15, 0.2) is 12.1 Å². The summed E-state index contributed by atoms with van der Waals surface area (Å²) < 4.78 is 29.3. The summed E-state index contributed by atoms with van der Waals surface area (Å²) in [5.74, 6) is -1.41. The second-order valence-corrected chi connectivity index (χ2v) is 14.5. The highest BCUT2D eigenvalue weighted by Crippen LogP contribution is 2.41. The Bertz CT molecular complexity index is 945. The molecule has 1 aromatic carbocycles. The molecule has 0 fully saturated rings. The second kappa shape index (κ2) is 8.44. The first-order chi connectivity index (χ1) is 14.0. The number of rotatable bonds is 7. The van der Waals surface area contributed by atoms with Crippen molar-refractivity contribution in [2.75, 3.05) is 13.2 Å². The van der Waals surface area contributed by atoms with Gasteiger partial charge in [0.1, 0.15) is 5.82 Å². The van der Waals surface area contributed by atoms with Gasteiger partial charge in [0.2, 0.25) is 0 Å². The number of hydrogen-bond donors (Lipinski definition) is 1. The Balaban J connectivity index is 2.03. The zero-order chi connectivity index (χ0) is 22.3. The molecular weight excluding hydrogens is 401 g/mol. The summed E-state index contributed by atoms with van der Waals surface area (Å²) in [5, 5.41) is 10.4. The zero-order valence-electron chi connectivity index (χ0n) is 19.0. The maximum Gasteiger partial charge on any atom is 0.336 e. The van der Waals surface area contributed by atoms with Crippen LogP contribution in [0.25, 0.3) is 10.9 Å². The number of fused-ring (bicyclic) bond motifs is 3. The molecule has 30 heavy (non-hydrogen) atoms. The van der Waals surface area contributed by atoms with Crippen molar-refractivity contribution in [2.45, 2.75) is 77.7 Å². The van der Waals surface area contributed by atoms with Gasteiger partial charge in [0, 0.05) is 25.0 Å². The van der Waals surface area contributed by atoms with Gasteiger partial charge in [-0.25, -0.2) is 9.18 Å². The molecular formula is C23H34FNO4Si. The summed E-state index contributed by atoms with van der Waals surface area (Å²) in [7, 11) is -1.87. The SMILES string of the molecule is CCCn1c2c(c3c(C(=O)O)ccc(F)c31)CCOC2CCO[Si](C)(C)C(C)(C)C. The average Bonchev–Trinajstić information content (AvgIpc) is 2.97. The van der Waals surface area contributed by atoms with E-state index in [0.29, 0.717) is 43.5 Å². The summed E-state index contributed by atoms with van der Waals surface area (Å²) in [6, 6.07) is 2.64. The van der Waals surface area contributed by atoms with Gasteiger partial charge in [0.05, 0.1) is 29.5 Å². The number of hydrogen-bond acceptors (Lipinski definition) is 3. The number of carboxylic acid groups (broad SMARTS) is 1. The topological polar surface area (TPSA) is 60.7 Å². The van der Waals surface area contributed by atoms with Crippen LogP contribution in [-0.2, 0) is 22.1 Å². The first-order valence-electron chi connectivity index (χ1n) is 10.8. The van der Waals surface area contributed by atoms with Gasteiger partial charge in [-0.05, 0) is 48.7 Å². The number of halogens is 1. The zero-order valence-corrected chi connectivity index (χ0v) is 20.0. The molecule has 1 aromatic heterocycles. The van der Waals surface area contributed by atoms with Crippen LogP contribution in [0.2, 0.25) is 18.1 Å². The largest absolute Gasteiger partial charge is 0.478 e. The standard InChI is InChI=1S/C23H34FNO4Si/c1-7-12-25-20-15(19-16(22(26)27)8-9-17(24)21(19)25)10-13-28-18(20)11-14-29-30(5,6)23(2,3)4/h8-9,18H,7,10-14H2,1-6H3,(H,26,27). The minimum atomic E-state index is -1.87. The van der Waals surface area contributed by atoms with Crippen molar-refractivity contribution in [1.29, 1.82) is 0 Å². The van der Waals surface area contributed by atoms with E-state index in [-0.39, 0.29) is 22.5 Å². The number of benzene rings is 1. The van der Waals surface area contributed by atoms with Crippen molar-refractivity contribution in [3.05, 3.63) is 34.8 Å². The Hall–Kier alpha value is -1.70. The predicted molar refractivity (Wildman–Crippen MR) is 119 cm³/mol. The van der Waals surface area contributed by atoms with Gasteiger partial charge in [0.15, 0.2) is 8.32 Å². The molecule has 3 rings (SSSR count). The lowest BCUT2D eigenvalue weighted by molar-refractivity contribution is 0.0215. The average molecular weight is 436 g/mol. The Kier molecular flexibility index (Phi) is 6.46. The molecule has 5 nitrogen and oxygen atoms in total. The van der Waals surface area contributed by atoms with E-state index in [1.165, 1.54) is 12.1 Å². The van der Waals surface area contributed by atoms with E-state index in [2.05, 4.69) is 33.9 Å². The Labute approximate surface area is 179 Å². The fraction of sp³-hybridized carbons (Fsp3) is 0.609. The van der Waals surface area contributed by atoms with Gasteiger partial charge in [-0.3, -0.25) is 0 Å². The lowest BCUT2D eigenvalue weighted by Crippen LogP contribution is -2.41. The summed E-state index contributed by atoms with van der Waals surface area (Å²) in [6.45, 7) is 14.8. The molecule has 7 heteroatoms. The van der Waals surface area contributed by atoms with Crippen molar-refractivity contribution in [2.24, 2.45) is 0 Å². The number of carboxylic acids is 1. The van der Waals surface area contributed by atoms with Gasteiger partial charge in [-0.2, -0.15) is 0 Å². The summed E-state index contributed by atoms with van der Waals surface area (Å²) >= 11 is 0. The van der Waals surface area contributed by atoms with Gasteiger partial charge in [-0.15, -0.1) is 0 Å². The fourth-order valence-electron chi connectivity index (χ4n) is 4.04. The summed E-state index contributed by atoms with van der Waals surface area (Å²) in [5.41, 5.74) is 2.39. The third kappa shape index (κ3) is 4.07. The number of carbonyl (C=O) groups is 1. The molecule has 0 saturated heterocycles. The quantitative estimate of drug-likeness (QED) is 0.549. The summed E-state index contributed by atoms with van der Waals surface area (Å²) in [6.07, 6.45) is 1.86. The van der Waals surface area contributed by atoms with E-state index in [1.54, 1.807) is 0 Å². The molecule has 1 atom stereocenters. The highest BCUT2D eigenvalue weighted by atomic mass is 28.4. The molecule has 2 aromatic rings. The van der Waals surface area contributed by atoms with E-state index in [4.69, 9.17) is 9.16 Å². The van der Waals surface area contributed by atoms with E-state index >= 15 is 0 Å². The molecule has 0 bridgehead atoms. The normalized spacial score (nSPS) is 17.4. The third-order valence-electron chi connectivity index (χ3n) is 6.60. The molecule has 1 aliphatic heterocycles. The highest BCUT2D eigenvalue weighted by Gasteiger charge is 2.38. The Morgan fingerprint density at radius 2 is 2.07 bits per heavy atom. The number of aromatic carboxylic acids is 1. The van der Waals surface area contributed by atoms with Gasteiger partial charge < -0.3 is 18.8 Å². The highest BCUT2D eigenvalue weighted by molar-refractivity contribution is 6.74. The van der Waals surface area contributed by atoms with Crippen LogP contribution in [0, 0.1) is 5.82 Å². The minimum Gasteiger partial charge on any atom is -0.478 e. The molecule has 0 saturated carbocycles. The predicted octanol–water partition coefficient (Wildman–Crippen LogP) is 5.91. The molecule has 166 valence electrons. The monoisotopic (exact) mass is 435 g/mol. The van der Waals surface area contributed by atoms with Gasteiger partial charge >= 0.3 is 5.97 Å². The molecule has 1 aliphatic rings. The smallest absolute Gasteiger partial charge is 0.336 e. The number of nitrogens with zero attached hydrogens (tertiary/aromatic N) is 1. The molecule has 1 N–H and O–H groups in total. The Morgan fingerprint density at radius 1 is 1.37 bits per heavy atom. The van der Waals surface area contributed by atoms with Gasteiger partial charge in [-0.1, -0.05) is 27.7 Å². The lowest BCUT2D eigenvalue weighted by Gasteiger charge is -2.37. The fourth-order valence-corrected chi connectivity index (χ4v) is 5.10. The van der Waals surface area contributed by atoms with E-state index in [0.717, 1.165) is 17.7 Å². The van der Waals surface area contributed by atoms with Crippen molar-refractivity contribution in [3.63, 3.8) is 0 Å². The lowest BCUT2D eigenvalue weighted by atomic mass is 9.98. The minimum absolute atomic E-state index is 0.127. The van der Waals surface area contributed by atoms with E-state index < -0.39 is 14.3 Å². The van der Waals surface area contributed by atoms with Crippen LogP contribution in [0.1, 0.15) is 68.3 Å². The molecule has 1 unspecified atom stereocenters. The van der Waals surface area contributed by atoms with Crippen LogP contribution < -0.4 is 0 Å². The van der Waals surface area contributed by atoms with Crippen LogP contribution in [0.3, 0.4) is 0 Å². The maximum atomic E-state index is 14.9. The molecule has 0 spiro atoms. The molecule has 0 amide bonds. The number of aromatic nitrogens is 1. The molecule has 0 aliphatic carbocycles. The van der Waals surface area contributed by atoms with Crippen molar-refractivity contribution in [1.82, 2.24) is 4.57 Å². The van der Waals surface area contributed by atoms with Crippen molar-refractivity contribution < 1.29 is 23.5 Å². The van der Waals surface area contributed by atoms with E-state index in [9.17, 15) is 14.3 Å². The van der Waals surface area contributed by atoms with Crippen LogP contribution in [0.4, 0.5) is 4.39 Å². The third-order valence-corrected chi connectivity index (χ3v) is 11.1. The Morgan fingerprint density at radius 3 is 2.67 bits per heavy atom. The van der Waals surface area contributed by atoms with E-state index in [1.807, 2.05) is 11.5 Å². The second-order valence-electron chi connectivity index (χ2n) is 9.65. The maximum absolute atomic E-state index is 14.9. The van der Waals surface area contributed by atoms with Crippen molar-refractivity contribution >= 4 is 25.2 Å². The number of aryl methyl sites for hydroxylation is 1. The molecule has 2 heterocycles. The first-order valence-corrected chi connectivity index (χ1v) is 13.7. The molecule has 0 radical (unpaired) electrons. The van der Waals surface area contributed by atoms with Gasteiger partial charge in [0.25, 0.3) is 0 Å². The van der Waals surface area contributed by atoms with Crippen LogP contribution in [0.5, 0.6) is 0 Å². The number of ether oxygens (including phenoxy) is 1. The first kappa shape index (κ1) is 23.0. The van der Waals surface area contributed by atoms with Crippen LogP contribution in [-0.4, -0.2) is 37.2 Å². The van der Waals surface area contributed by atoms with Crippen LogP contribution >= 0.6 is 0 Å².